The van der Waals surface area contributed by atoms with Crippen molar-refractivity contribution in [3.63, 3.8) is 0 Å². The third-order valence-corrected chi connectivity index (χ3v) is 3.11. The minimum absolute atomic E-state index is 0.146. The summed E-state index contributed by atoms with van der Waals surface area (Å²) in [5.74, 6) is 0. The van der Waals surface area contributed by atoms with Gasteiger partial charge in [0.1, 0.15) is 0 Å². The molecule has 2 atom stereocenters. The van der Waals surface area contributed by atoms with Crippen LogP contribution in [0.4, 0.5) is 0 Å². The van der Waals surface area contributed by atoms with Gasteiger partial charge in [0.15, 0.2) is 0 Å². The lowest BCUT2D eigenvalue weighted by atomic mass is 10.1. The summed E-state index contributed by atoms with van der Waals surface area (Å²) < 4.78 is 0. The second-order valence-electron chi connectivity index (χ2n) is 4.30. The van der Waals surface area contributed by atoms with Crippen molar-refractivity contribution in [1.29, 1.82) is 0 Å². The standard InChI is InChI=1S/C14H16ClN3/c1-10(12-4-3-5-13(15)8-12)18-11(2)14-9-16-6-7-17-14/h3-11,18H,1-2H3. The van der Waals surface area contributed by atoms with Crippen LogP contribution in [-0.4, -0.2) is 9.97 Å². The molecule has 0 spiro atoms. The SMILES string of the molecule is CC(NC(C)c1cnccn1)c1cccc(Cl)c1. The quantitative estimate of drug-likeness (QED) is 0.915. The molecular formula is C14H16ClN3. The van der Waals surface area contributed by atoms with Gasteiger partial charge >= 0.3 is 0 Å². The Kier molecular flexibility index (Phi) is 4.28. The molecular weight excluding hydrogens is 246 g/mol. The molecule has 0 aliphatic rings. The molecule has 1 aromatic carbocycles. The highest BCUT2D eigenvalue weighted by atomic mass is 35.5. The Labute approximate surface area is 112 Å². The van der Waals surface area contributed by atoms with E-state index in [1.165, 1.54) is 5.56 Å². The van der Waals surface area contributed by atoms with E-state index >= 15 is 0 Å². The molecule has 1 aromatic heterocycles. The summed E-state index contributed by atoms with van der Waals surface area (Å²) in [6, 6.07) is 8.23. The fourth-order valence-electron chi connectivity index (χ4n) is 1.87. The number of halogens is 1. The zero-order valence-corrected chi connectivity index (χ0v) is 11.2. The van der Waals surface area contributed by atoms with E-state index < -0.39 is 0 Å². The van der Waals surface area contributed by atoms with Crippen molar-refractivity contribution >= 4 is 11.6 Å². The lowest BCUT2D eigenvalue weighted by Gasteiger charge is -2.19. The maximum Gasteiger partial charge on any atom is 0.0753 e. The number of hydrogen-bond acceptors (Lipinski definition) is 3. The van der Waals surface area contributed by atoms with Crippen LogP contribution in [0.2, 0.25) is 5.02 Å². The van der Waals surface area contributed by atoms with Crippen LogP contribution in [-0.2, 0) is 0 Å². The molecule has 1 heterocycles. The predicted octanol–water partition coefficient (Wildman–Crippen LogP) is 3.54. The van der Waals surface area contributed by atoms with Crippen molar-refractivity contribution in [2.75, 3.05) is 0 Å². The van der Waals surface area contributed by atoms with Crippen molar-refractivity contribution in [1.82, 2.24) is 15.3 Å². The van der Waals surface area contributed by atoms with E-state index in [9.17, 15) is 0 Å². The topological polar surface area (TPSA) is 37.8 Å². The summed E-state index contributed by atoms with van der Waals surface area (Å²) in [6.45, 7) is 4.18. The van der Waals surface area contributed by atoms with Gasteiger partial charge in [0.25, 0.3) is 0 Å². The highest BCUT2D eigenvalue weighted by Crippen LogP contribution is 2.20. The molecule has 2 aromatic rings. The summed E-state index contributed by atoms with van der Waals surface area (Å²) in [7, 11) is 0. The van der Waals surface area contributed by atoms with Gasteiger partial charge in [0, 0.05) is 35.7 Å². The van der Waals surface area contributed by atoms with Crippen LogP contribution in [0.5, 0.6) is 0 Å². The number of rotatable bonds is 4. The largest absolute Gasteiger partial charge is 0.302 e. The smallest absolute Gasteiger partial charge is 0.0753 e. The maximum absolute atomic E-state index is 5.99. The lowest BCUT2D eigenvalue weighted by Crippen LogP contribution is -2.23. The van der Waals surface area contributed by atoms with Gasteiger partial charge in [0.2, 0.25) is 0 Å². The molecule has 2 unspecified atom stereocenters. The van der Waals surface area contributed by atoms with Crippen molar-refractivity contribution in [3.05, 3.63) is 59.1 Å². The van der Waals surface area contributed by atoms with E-state index in [1.54, 1.807) is 18.6 Å². The molecule has 4 heteroatoms. The van der Waals surface area contributed by atoms with Gasteiger partial charge < -0.3 is 5.32 Å². The molecule has 3 nitrogen and oxygen atoms in total. The van der Waals surface area contributed by atoms with Crippen molar-refractivity contribution in [3.8, 4) is 0 Å². The summed E-state index contributed by atoms with van der Waals surface area (Å²) in [5, 5.41) is 4.24. The number of benzene rings is 1. The molecule has 18 heavy (non-hydrogen) atoms. The molecule has 0 saturated carbocycles. The van der Waals surface area contributed by atoms with Crippen LogP contribution in [0, 0.1) is 0 Å². The first-order valence-corrected chi connectivity index (χ1v) is 6.32. The number of hydrogen-bond donors (Lipinski definition) is 1. The maximum atomic E-state index is 5.99. The van der Waals surface area contributed by atoms with Crippen LogP contribution in [0.25, 0.3) is 0 Å². The van der Waals surface area contributed by atoms with Crippen LogP contribution in [0.3, 0.4) is 0 Å². The van der Waals surface area contributed by atoms with E-state index in [2.05, 4.69) is 35.2 Å². The average molecular weight is 262 g/mol. The summed E-state index contributed by atoms with van der Waals surface area (Å²) >= 11 is 5.99. The number of nitrogens with one attached hydrogen (secondary N) is 1. The first-order valence-electron chi connectivity index (χ1n) is 5.94. The average Bonchev–Trinajstić information content (AvgIpc) is 2.39. The molecule has 2 rings (SSSR count). The molecule has 0 aliphatic heterocycles. The Morgan fingerprint density at radius 2 is 2.00 bits per heavy atom. The number of nitrogens with zero attached hydrogens (tertiary/aromatic N) is 2. The Balaban J connectivity index is 2.05. The third-order valence-electron chi connectivity index (χ3n) is 2.88. The van der Waals surface area contributed by atoms with Crippen molar-refractivity contribution in [2.24, 2.45) is 0 Å². The minimum atomic E-state index is 0.146. The highest BCUT2D eigenvalue weighted by molar-refractivity contribution is 6.30. The van der Waals surface area contributed by atoms with Crippen LogP contribution in [0.1, 0.15) is 37.2 Å². The summed E-state index contributed by atoms with van der Waals surface area (Å²) in [6.07, 6.45) is 5.16. The molecule has 0 radical (unpaired) electrons. The Hall–Kier alpha value is -1.45. The molecule has 1 N–H and O–H groups in total. The Bertz CT molecular complexity index is 501. The molecule has 0 amide bonds. The fourth-order valence-corrected chi connectivity index (χ4v) is 2.07. The monoisotopic (exact) mass is 261 g/mol. The fraction of sp³-hybridized carbons (Fsp3) is 0.286. The normalized spacial score (nSPS) is 14.2. The van der Waals surface area contributed by atoms with Crippen LogP contribution >= 0.6 is 11.6 Å². The number of aromatic nitrogens is 2. The van der Waals surface area contributed by atoms with E-state index in [4.69, 9.17) is 11.6 Å². The Morgan fingerprint density at radius 3 is 2.67 bits per heavy atom. The lowest BCUT2D eigenvalue weighted by molar-refractivity contribution is 0.485. The van der Waals surface area contributed by atoms with Gasteiger partial charge in [-0.15, -0.1) is 0 Å². The third kappa shape index (κ3) is 3.28. The predicted molar refractivity (Wildman–Crippen MR) is 73.4 cm³/mol. The van der Waals surface area contributed by atoms with Crippen molar-refractivity contribution < 1.29 is 0 Å². The van der Waals surface area contributed by atoms with E-state index in [-0.39, 0.29) is 12.1 Å². The first-order chi connectivity index (χ1) is 8.66. The highest BCUT2D eigenvalue weighted by Gasteiger charge is 2.12. The molecule has 0 bridgehead atoms. The molecule has 0 saturated heterocycles. The second kappa shape index (κ2) is 5.94. The summed E-state index contributed by atoms with van der Waals surface area (Å²) in [5.41, 5.74) is 2.10. The first kappa shape index (κ1) is 13.0. The van der Waals surface area contributed by atoms with Crippen LogP contribution in [0.15, 0.2) is 42.9 Å². The van der Waals surface area contributed by atoms with Gasteiger partial charge in [-0.2, -0.15) is 0 Å². The van der Waals surface area contributed by atoms with E-state index in [0.29, 0.717) is 0 Å². The van der Waals surface area contributed by atoms with Crippen LogP contribution < -0.4 is 5.32 Å². The van der Waals surface area contributed by atoms with E-state index in [0.717, 1.165) is 10.7 Å². The Morgan fingerprint density at radius 1 is 1.17 bits per heavy atom. The summed E-state index contributed by atoms with van der Waals surface area (Å²) in [4.78, 5) is 8.37. The molecule has 0 fully saturated rings. The van der Waals surface area contributed by atoms with Gasteiger partial charge in [0.05, 0.1) is 5.69 Å². The molecule has 0 aliphatic carbocycles. The second-order valence-corrected chi connectivity index (χ2v) is 4.73. The van der Waals surface area contributed by atoms with Gasteiger partial charge in [-0.3, -0.25) is 9.97 Å². The van der Waals surface area contributed by atoms with Gasteiger partial charge in [-0.05, 0) is 31.5 Å². The molecule has 94 valence electrons. The zero-order valence-electron chi connectivity index (χ0n) is 10.5. The van der Waals surface area contributed by atoms with E-state index in [1.807, 2.05) is 18.2 Å². The minimum Gasteiger partial charge on any atom is -0.302 e. The zero-order chi connectivity index (χ0) is 13.0. The van der Waals surface area contributed by atoms with Gasteiger partial charge in [-0.1, -0.05) is 23.7 Å². The van der Waals surface area contributed by atoms with Crippen molar-refractivity contribution in [2.45, 2.75) is 25.9 Å². The van der Waals surface area contributed by atoms with Gasteiger partial charge in [-0.25, -0.2) is 0 Å².